The summed E-state index contributed by atoms with van der Waals surface area (Å²) in [5, 5.41) is 0. The van der Waals surface area contributed by atoms with E-state index in [0.717, 1.165) is 16.9 Å². The Hall–Kier alpha value is -1.65. The summed E-state index contributed by atoms with van der Waals surface area (Å²) in [5.74, 6) is 0.815. The van der Waals surface area contributed by atoms with Crippen LogP contribution >= 0.6 is 12.2 Å². The zero-order valence-electron chi connectivity index (χ0n) is 9.26. The van der Waals surface area contributed by atoms with Gasteiger partial charge in [-0.25, -0.2) is 0 Å². The lowest BCUT2D eigenvalue weighted by atomic mass is 10.1. The Bertz CT molecular complexity index is 494. The largest absolute Gasteiger partial charge is 0.467 e. The van der Waals surface area contributed by atoms with E-state index >= 15 is 0 Å². The van der Waals surface area contributed by atoms with Crippen LogP contribution in [0, 0.1) is 0 Å². The highest BCUT2D eigenvalue weighted by Crippen LogP contribution is 2.09. The molecule has 17 heavy (non-hydrogen) atoms. The van der Waals surface area contributed by atoms with Crippen molar-refractivity contribution in [1.29, 1.82) is 0 Å². The third kappa shape index (κ3) is 3.41. The Morgan fingerprint density at radius 2 is 2.12 bits per heavy atom. The molecule has 1 aromatic carbocycles. The van der Waals surface area contributed by atoms with Gasteiger partial charge in [0, 0.05) is 5.56 Å². The van der Waals surface area contributed by atoms with Gasteiger partial charge in [0.15, 0.2) is 0 Å². The quantitative estimate of drug-likeness (QED) is 0.825. The molecule has 0 atom stereocenters. The fourth-order valence-corrected chi connectivity index (χ4v) is 1.61. The summed E-state index contributed by atoms with van der Waals surface area (Å²) in [6, 6.07) is 11.4. The molecular weight excluding hydrogens is 234 g/mol. The Morgan fingerprint density at radius 1 is 1.24 bits per heavy atom. The molecule has 0 aliphatic carbocycles. The average Bonchev–Trinajstić information content (AvgIpc) is 2.82. The molecule has 0 spiro atoms. The van der Waals surface area contributed by atoms with Crippen molar-refractivity contribution >= 4 is 17.2 Å². The summed E-state index contributed by atoms with van der Waals surface area (Å²) >= 11 is 4.92. The molecule has 0 saturated heterocycles. The normalized spacial score (nSPS) is 10.4. The maximum absolute atomic E-state index is 5.56. The molecule has 0 bridgehead atoms. The summed E-state index contributed by atoms with van der Waals surface area (Å²) in [4.78, 5) is 0.401. The highest BCUT2D eigenvalue weighted by Gasteiger charge is 2.00. The van der Waals surface area contributed by atoms with Gasteiger partial charge in [-0.2, -0.15) is 0 Å². The molecule has 0 unspecified atom stereocenters. The second kappa shape index (κ2) is 5.61. The number of ether oxygens (including phenoxy) is 1. The molecule has 2 rings (SSSR count). The van der Waals surface area contributed by atoms with Crippen LogP contribution in [0.1, 0.15) is 16.9 Å². The molecule has 4 heteroatoms. The summed E-state index contributed by atoms with van der Waals surface area (Å²) in [5.41, 5.74) is 7.47. The number of hydrogen-bond donors (Lipinski definition) is 1. The van der Waals surface area contributed by atoms with E-state index in [2.05, 4.69) is 0 Å². The van der Waals surface area contributed by atoms with Crippen molar-refractivity contribution in [3.63, 3.8) is 0 Å². The van der Waals surface area contributed by atoms with Crippen LogP contribution in [0.3, 0.4) is 0 Å². The first kappa shape index (κ1) is 11.8. The van der Waals surface area contributed by atoms with E-state index in [4.69, 9.17) is 27.1 Å². The lowest BCUT2D eigenvalue weighted by Gasteiger charge is -2.04. The van der Waals surface area contributed by atoms with Crippen LogP contribution in [0.25, 0.3) is 0 Å². The van der Waals surface area contributed by atoms with Gasteiger partial charge in [0.2, 0.25) is 0 Å². The number of nitrogens with two attached hydrogens (primary N) is 1. The van der Waals surface area contributed by atoms with Crippen LogP contribution in [0.5, 0.6) is 0 Å². The third-order valence-electron chi connectivity index (χ3n) is 2.30. The predicted octanol–water partition coefficient (Wildman–Crippen LogP) is 2.63. The maximum atomic E-state index is 5.56. The monoisotopic (exact) mass is 247 g/mol. The van der Waals surface area contributed by atoms with Crippen LogP contribution in [-0.2, 0) is 18.0 Å². The van der Waals surface area contributed by atoms with Crippen molar-refractivity contribution in [1.82, 2.24) is 0 Å². The first-order chi connectivity index (χ1) is 8.25. The molecule has 0 aliphatic rings. The summed E-state index contributed by atoms with van der Waals surface area (Å²) in [6.45, 7) is 0.974. The Balaban J connectivity index is 1.90. The smallest absolute Gasteiger partial charge is 0.129 e. The maximum Gasteiger partial charge on any atom is 0.129 e. The van der Waals surface area contributed by atoms with E-state index in [0.29, 0.717) is 18.2 Å². The molecule has 1 heterocycles. The zero-order chi connectivity index (χ0) is 12.1. The van der Waals surface area contributed by atoms with Crippen LogP contribution < -0.4 is 5.73 Å². The highest BCUT2D eigenvalue weighted by atomic mass is 32.1. The molecule has 88 valence electrons. The van der Waals surface area contributed by atoms with Gasteiger partial charge in [-0.05, 0) is 23.8 Å². The fraction of sp³-hybridized carbons (Fsp3) is 0.154. The van der Waals surface area contributed by atoms with E-state index < -0.39 is 0 Å². The van der Waals surface area contributed by atoms with Gasteiger partial charge in [0.1, 0.15) is 17.4 Å². The highest BCUT2D eigenvalue weighted by molar-refractivity contribution is 7.80. The topological polar surface area (TPSA) is 48.4 Å². The fourth-order valence-electron chi connectivity index (χ4n) is 1.48. The summed E-state index contributed by atoms with van der Waals surface area (Å²) in [6.07, 6.45) is 1.63. The van der Waals surface area contributed by atoms with Crippen molar-refractivity contribution in [2.45, 2.75) is 13.2 Å². The van der Waals surface area contributed by atoms with Gasteiger partial charge >= 0.3 is 0 Å². The van der Waals surface area contributed by atoms with E-state index in [1.807, 2.05) is 36.4 Å². The van der Waals surface area contributed by atoms with Gasteiger partial charge in [-0.3, -0.25) is 0 Å². The second-order valence-electron chi connectivity index (χ2n) is 3.64. The van der Waals surface area contributed by atoms with Crippen molar-refractivity contribution < 1.29 is 9.15 Å². The van der Waals surface area contributed by atoms with Gasteiger partial charge in [0.05, 0.1) is 12.9 Å². The predicted molar refractivity (Wildman–Crippen MR) is 69.5 cm³/mol. The Morgan fingerprint density at radius 3 is 2.82 bits per heavy atom. The van der Waals surface area contributed by atoms with E-state index in [9.17, 15) is 0 Å². The first-order valence-electron chi connectivity index (χ1n) is 5.24. The van der Waals surface area contributed by atoms with Crippen LogP contribution in [0.2, 0.25) is 0 Å². The summed E-state index contributed by atoms with van der Waals surface area (Å²) in [7, 11) is 0. The van der Waals surface area contributed by atoms with Crippen molar-refractivity contribution in [2.24, 2.45) is 5.73 Å². The van der Waals surface area contributed by atoms with Gasteiger partial charge in [0.25, 0.3) is 0 Å². The van der Waals surface area contributed by atoms with Gasteiger partial charge < -0.3 is 14.9 Å². The van der Waals surface area contributed by atoms with Gasteiger partial charge in [-0.15, -0.1) is 0 Å². The van der Waals surface area contributed by atoms with E-state index in [-0.39, 0.29) is 0 Å². The molecule has 2 N–H and O–H groups in total. The number of rotatable bonds is 5. The van der Waals surface area contributed by atoms with E-state index in [1.54, 1.807) is 6.26 Å². The molecule has 1 aromatic heterocycles. The number of furan rings is 1. The minimum absolute atomic E-state index is 0.401. The van der Waals surface area contributed by atoms with Crippen LogP contribution in [-0.4, -0.2) is 4.99 Å². The molecular formula is C13H13NO2S. The van der Waals surface area contributed by atoms with Crippen molar-refractivity contribution in [2.75, 3.05) is 0 Å². The molecule has 0 amide bonds. The van der Waals surface area contributed by atoms with Crippen LogP contribution in [0.4, 0.5) is 0 Å². The Kier molecular flexibility index (Phi) is 3.90. The van der Waals surface area contributed by atoms with Crippen LogP contribution in [0.15, 0.2) is 47.1 Å². The molecule has 0 aliphatic heterocycles. The van der Waals surface area contributed by atoms with Gasteiger partial charge in [-0.1, -0.05) is 30.4 Å². The lowest BCUT2D eigenvalue weighted by Crippen LogP contribution is -2.09. The number of thiocarbonyl (C=S) groups is 1. The number of benzene rings is 1. The second-order valence-corrected chi connectivity index (χ2v) is 4.08. The lowest BCUT2D eigenvalue weighted by molar-refractivity contribution is 0.0929. The molecule has 2 aromatic rings. The first-order valence-corrected chi connectivity index (χ1v) is 5.65. The SMILES string of the molecule is NC(=S)c1cccc(COCc2ccco2)c1. The van der Waals surface area contributed by atoms with Crippen molar-refractivity contribution in [3.05, 3.63) is 59.5 Å². The zero-order valence-corrected chi connectivity index (χ0v) is 10.1. The van der Waals surface area contributed by atoms with Crippen molar-refractivity contribution in [3.8, 4) is 0 Å². The molecule has 0 saturated carbocycles. The minimum atomic E-state index is 0.401. The minimum Gasteiger partial charge on any atom is -0.467 e. The summed E-state index contributed by atoms with van der Waals surface area (Å²) < 4.78 is 10.7. The third-order valence-corrected chi connectivity index (χ3v) is 2.54. The van der Waals surface area contributed by atoms with E-state index in [1.165, 1.54) is 0 Å². The Labute approximate surface area is 105 Å². The number of hydrogen-bond acceptors (Lipinski definition) is 3. The standard InChI is InChI=1S/C13H13NO2S/c14-13(17)11-4-1-3-10(7-11)8-15-9-12-5-2-6-16-12/h1-7H,8-9H2,(H2,14,17). The molecule has 3 nitrogen and oxygen atoms in total. The molecule has 0 radical (unpaired) electrons. The molecule has 0 fully saturated rings. The average molecular weight is 247 g/mol.